The molecule has 0 saturated carbocycles. The maximum absolute atomic E-state index is 12.2. The van der Waals surface area contributed by atoms with Crippen molar-refractivity contribution in [1.82, 2.24) is 5.32 Å². The minimum Gasteiger partial charge on any atom is -0.452 e. The van der Waals surface area contributed by atoms with Gasteiger partial charge in [0, 0.05) is 18.8 Å². The number of amides is 1. The molecule has 0 saturated heterocycles. The number of hydrogen-bond donors (Lipinski definition) is 1. The first-order valence-electron chi connectivity index (χ1n) is 9.86. The monoisotopic (exact) mass is 382 g/mol. The van der Waals surface area contributed by atoms with Crippen molar-refractivity contribution < 1.29 is 14.3 Å². The van der Waals surface area contributed by atoms with Gasteiger partial charge < -0.3 is 15.0 Å². The number of nitrogens with zero attached hydrogens (tertiary/aromatic N) is 1. The Morgan fingerprint density at radius 3 is 2.11 bits per heavy atom. The molecule has 0 aliphatic rings. The standard InChI is InChI=1S/C23H30N2O3/c1-5-21(18-10-8-17(4)9-11-18)24-22(26)16-28-23(27)19-12-14-20(15-13-19)25(6-2)7-3/h8-15,21H,5-7,16H2,1-4H3,(H,24,26)/t21-/m0/s1. The molecule has 5 heteroatoms. The maximum atomic E-state index is 12.2. The maximum Gasteiger partial charge on any atom is 0.338 e. The van der Waals surface area contributed by atoms with Crippen LogP contribution in [0.4, 0.5) is 5.69 Å². The quantitative estimate of drug-likeness (QED) is 0.658. The van der Waals surface area contributed by atoms with E-state index in [4.69, 9.17) is 4.74 Å². The van der Waals surface area contributed by atoms with Crippen molar-refractivity contribution in [3.63, 3.8) is 0 Å². The van der Waals surface area contributed by atoms with E-state index in [1.54, 1.807) is 12.1 Å². The highest BCUT2D eigenvalue weighted by atomic mass is 16.5. The SMILES string of the molecule is CC[C@H](NC(=O)COC(=O)c1ccc(N(CC)CC)cc1)c1ccc(C)cc1. The smallest absolute Gasteiger partial charge is 0.338 e. The van der Waals surface area contributed by atoms with Crippen LogP contribution in [-0.2, 0) is 9.53 Å². The van der Waals surface area contributed by atoms with Gasteiger partial charge in [-0.05, 0) is 57.0 Å². The van der Waals surface area contributed by atoms with Gasteiger partial charge in [-0.25, -0.2) is 4.79 Å². The first kappa shape index (κ1) is 21.5. The number of ether oxygens (including phenoxy) is 1. The molecule has 0 radical (unpaired) electrons. The Labute approximate surface area is 167 Å². The van der Waals surface area contributed by atoms with E-state index in [-0.39, 0.29) is 18.6 Å². The van der Waals surface area contributed by atoms with E-state index in [0.29, 0.717) is 5.56 Å². The first-order chi connectivity index (χ1) is 13.5. The fourth-order valence-corrected chi connectivity index (χ4v) is 3.07. The topological polar surface area (TPSA) is 58.6 Å². The van der Waals surface area contributed by atoms with Gasteiger partial charge in [0.15, 0.2) is 6.61 Å². The molecule has 0 aromatic heterocycles. The van der Waals surface area contributed by atoms with Crippen molar-refractivity contribution in [2.45, 2.75) is 40.2 Å². The van der Waals surface area contributed by atoms with Crippen LogP contribution < -0.4 is 10.2 Å². The Bertz CT molecular complexity index is 765. The van der Waals surface area contributed by atoms with Gasteiger partial charge in [-0.15, -0.1) is 0 Å². The predicted molar refractivity (Wildman–Crippen MR) is 113 cm³/mol. The fraction of sp³-hybridized carbons (Fsp3) is 0.391. The lowest BCUT2D eigenvalue weighted by Gasteiger charge is -2.21. The summed E-state index contributed by atoms with van der Waals surface area (Å²) in [4.78, 5) is 26.6. The van der Waals surface area contributed by atoms with Gasteiger partial charge in [-0.1, -0.05) is 36.8 Å². The molecule has 0 spiro atoms. The number of anilines is 1. The summed E-state index contributed by atoms with van der Waals surface area (Å²) in [5.41, 5.74) is 3.71. The molecule has 0 unspecified atom stereocenters. The lowest BCUT2D eigenvalue weighted by atomic mass is 10.0. The van der Waals surface area contributed by atoms with Crippen LogP contribution in [0.2, 0.25) is 0 Å². The summed E-state index contributed by atoms with van der Waals surface area (Å²) >= 11 is 0. The number of carbonyl (C=O) groups excluding carboxylic acids is 2. The zero-order valence-corrected chi connectivity index (χ0v) is 17.2. The number of hydrogen-bond acceptors (Lipinski definition) is 4. The molecule has 0 heterocycles. The minimum absolute atomic E-state index is 0.0971. The summed E-state index contributed by atoms with van der Waals surface area (Å²) in [6.07, 6.45) is 0.759. The highest BCUT2D eigenvalue weighted by Gasteiger charge is 2.15. The normalized spacial score (nSPS) is 11.6. The third kappa shape index (κ3) is 5.84. The summed E-state index contributed by atoms with van der Waals surface area (Å²) in [5, 5.41) is 2.93. The molecule has 2 aromatic carbocycles. The molecule has 2 aromatic rings. The van der Waals surface area contributed by atoms with E-state index in [1.807, 2.05) is 50.2 Å². The first-order valence-corrected chi connectivity index (χ1v) is 9.86. The van der Waals surface area contributed by atoms with Crippen LogP contribution in [0.25, 0.3) is 0 Å². The number of carbonyl (C=O) groups is 2. The van der Waals surface area contributed by atoms with Crippen molar-refractivity contribution in [3.05, 3.63) is 65.2 Å². The average Bonchev–Trinajstić information content (AvgIpc) is 2.72. The molecule has 1 N–H and O–H groups in total. The van der Waals surface area contributed by atoms with Crippen LogP contribution in [0.1, 0.15) is 54.7 Å². The number of rotatable bonds is 9. The van der Waals surface area contributed by atoms with Gasteiger partial charge in [0.05, 0.1) is 11.6 Å². The van der Waals surface area contributed by atoms with E-state index in [9.17, 15) is 9.59 Å². The molecular weight excluding hydrogens is 352 g/mol. The van der Waals surface area contributed by atoms with Gasteiger partial charge >= 0.3 is 5.97 Å². The summed E-state index contributed by atoms with van der Waals surface area (Å²) in [6, 6.07) is 15.2. The molecule has 0 aliphatic heterocycles. The van der Waals surface area contributed by atoms with E-state index in [0.717, 1.165) is 30.8 Å². The van der Waals surface area contributed by atoms with E-state index in [1.165, 1.54) is 5.56 Å². The van der Waals surface area contributed by atoms with Gasteiger partial charge in [-0.2, -0.15) is 0 Å². The molecule has 1 amide bonds. The zero-order chi connectivity index (χ0) is 20.5. The van der Waals surface area contributed by atoms with Crippen LogP contribution >= 0.6 is 0 Å². The Hall–Kier alpha value is -2.82. The molecule has 28 heavy (non-hydrogen) atoms. The molecule has 150 valence electrons. The molecule has 1 atom stereocenters. The molecule has 0 fully saturated rings. The van der Waals surface area contributed by atoms with Crippen LogP contribution in [0.3, 0.4) is 0 Å². The third-order valence-corrected chi connectivity index (χ3v) is 4.79. The third-order valence-electron chi connectivity index (χ3n) is 4.79. The van der Waals surface area contributed by atoms with Crippen molar-refractivity contribution in [1.29, 1.82) is 0 Å². The molecule has 5 nitrogen and oxygen atoms in total. The summed E-state index contributed by atoms with van der Waals surface area (Å²) < 4.78 is 5.18. The molecule has 0 bridgehead atoms. The summed E-state index contributed by atoms with van der Waals surface area (Å²) in [6.45, 7) is 9.72. The Morgan fingerprint density at radius 2 is 1.57 bits per heavy atom. The summed E-state index contributed by atoms with van der Waals surface area (Å²) in [7, 11) is 0. The van der Waals surface area contributed by atoms with Crippen LogP contribution in [0.5, 0.6) is 0 Å². The summed E-state index contributed by atoms with van der Waals surface area (Å²) in [5.74, 6) is -0.801. The Morgan fingerprint density at radius 1 is 0.964 bits per heavy atom. The molecular formula is C23H30N2O3. The van der Waals surface area contributed by atoms with Crippen molar-refractivity contribution >= 4 is 17.6 Å². The molecule has 0 aliphatic carbocycles. The second-order valence-electron chi connectivity index (χ2n) is 6.73. The Kier molecular flexibility index (Phi) is 8.05. The van der Waals surface area contributed by atoms with Gasteiger partial charge in [0.25, 0.3) is 5.91 Å². The number of aryl methyl sites for hydroxylation is 1. The number of esters is 1. The highest BCUT2D eigenvalue weighted by Crippen LogP contribution is 2.17. The van der Waals surface area contributed by atoms with Crippen LogP contribution in [0.15, 0.2) is 48.5 Å². The zero-order valence-electron chi connectivity index (χ0n) is 17.2. The van der Waals surface area contributed by atoms with Gasteiger partial charge in [-0.3, -0.25) is 4.79 Å². The minimum atomic E-state index is -0.496. The highest BCUT2D eigenvalue weighted by molar-refractivity contribution is 5.91. The van der Waals surface area contributed by atoms with E-state index in [2.05, 4.69) is 24.1 Å². The average molecular weight is 383 g/mol. The van der Waals surface area contributed by atoms with Gasteiger partial charge in [0.1, 0.15) is 0 Å². The second-order valence-corrected chi connectivity index (χ2v) is 6.73. The lowest BCUT2D eigenvalue weighted by molar-refractivity contribution is -0.125. The van der Waals surface area contributed by atoms with Crippen molar-refractivity contribution in [2.75, 3.05) is 24.6 Å². The van der Waals surface area contributed by atoms with Gasteiger partial charge in [0.2, 0.25) is 0 Å². The van der Waals surface area contributed by atoms with Crippen LogP contribution in [-0.4, -0.2) is 31.6 Å². The predicted octanol–water partition coefficient (Wildman–Crippen LogP) is 4.27. The van der Waals surface area contributed by atoms with E-state index >= 15 is 0 Å². The lowest BCUT2D eigenvalue weighted by Crippen LogP contribution is -2.32. The van der Waals surface area contributed by atoms with Crippen molar-refractivity contribution in [2.24, 2.45) is 0 Å². The number of benzene rings is 2. The van der Waals surface area contributed by atoms with Crippen LogP contribution in [0, 0.1) is 6.92 Å². The number of nitrogens with one attached hydrogen (secondary N) is 1. The van der Waals surface area contributed by atoms with Crippen molar-refractivity contribution in [3.8, 4) is 0 Å². The second kappa shape index (κ2) is 10.5. The largest absolute Gasteiger partial charge is 0.452 e. The Balaban J connectivity index is 1.89. The molecule has 2 rings (SSSR count). The fourth-order valence-electron chi connectivity index (χ4n) is 3.07. The van der Waals surface area contributed by atoms with E-state index < -0.39 is 5.97 Å².